The van der Waals surface area contributed by atoms with Gasteiger partial charge in [-0.25, -0.2) is 0 Å². The number of hydrogen-bond acceptors (Lipinski definition) is 2. The summed E-state index contributed by atoms with van der Waals surface area (Å²) in [6.07, 6.45) is -40.7. The fourth-order valence-electron chi connectivity index (χ4n) is 11.9. The van der Waals surface area contributed by atoms with Crippen molar-refractivity contribution in [3.05, 3.63) is 232 Å². The Labute approximate surface area is 521 Å². The summed E-state index contributed by atoms with van der Waals surface area (Å²) in [6, 6.07) is 23.4. The number of rotatable bonds is 7. The third kappa shape index (κ3) is 11.8. The second-order valence-corrected chi connectivity index (χ2v) is 21.9. The fourth-order valence-corrected chi connectivity index (χ4v) is 11.9. The predicted octanol–water partition coefficient (Wildman–Crippen LogP) is 23.6. The van der Waals surface area contributed by atoms with E-state index in [9.17, 15) is 111 Å². The van der Waals surface area contributed by atoms with E-state index in [0.29, 0.717) is 48.5 Å². The second-order valence-electron chi connectivity index (χ2n) is 21.9. The van der Waals surface area contributed by atoms with Crippen molar-refractivity contribution >= 4 is 43.6 Å². The molecule has 0 saturated heterocycles. The Morgan fingerprint density at radius 3 is 0.792 bits per heavy atom. The van der Waals surface area contributed by atoms with Crippen molar-refractivity contribution in [3.63, 3.8) is 0 Å². The molecule has 0 spiro atoms. The lowest BCUT2D eigenvalue weighted by Crippen LogP contribution is -2.12. The highest BCUT2D eigenvalue weighted by Crippen LogP contribution is 2.51. The van der Waals surface area contributed by atoms with Crippen molar-refractivity contribution < 1.29 is 105 Å². The normalized spacial score (nSPS) is 13.2. The predicted molar refractivity (Wildman–Crippen MR) is 305 cm³/mol. The number of halogens is 24. The van der Waals surface area contributed by atoms with Crippen LogP contribution in [0.25, 0.3) is 111 Å². The monoisotopic (exact) mass is 1360 g/mol. The van der Waals surface area contributed by atoms with Gasteiger partial charge < -0.3 is 9.13 Å². The van der Waals surface area contributed by atoms with Gasteiger partial charge in [-0.1, -0.05) is 60.7 Å². The molecule has 0 aliphatic carbocycles. The van der Waals surface area contributed by atoms with Crippen molar-refractivity contribution in [2.24, 2.45) is 0 Å². The number of alkyl halides is 24. The van der Waals surface area contributed by atoms with Crippen molar-refractivity contribution in [1.82, 2.24) is 14.1 Å². The molecule has 0 fully saturated rings. The average Bonchev–Trinajstić information content (AvgIpc) is 1.56. The summed E-state index contributed by atoms with van der Waals surface area (Å²) in [4.78, 5) is 4.51. The van der Waals surface area contributed by atoms with E-state index in [4.69, 9.17) is 0 Å². The lowest BCUT2D eigenvalue weighted by molar-refractivity contribution is -0.144. The molecule has 0 aliphatic rings. The molecule has 0 bridgehead atoms. The molecule has 0 radical (unpaired) electrons. The first-order valence-corrected chi connectivity index (χ1v) is 27.4. The number of fused-ring (bicyclic) bond motifs is 6. The lowest BCUT2D eigenvalue weighted by Gasteiger charge is -2.20. The Kier molecular flexibility index (Phi) is 15.3. The maximum atomic E-state index is 14.9. The summed E-state index contributed by atoms with van der Waals surface area (Å²) in [5.41, 5.74) is -19.7. The molecule has 28 heteroatoms. The molecule has 0 atom stereocenters. The molecule has 9 aromatic carbocycles. The van der Waals surface area contributed by atoms with Crippen LogP contribution in [0.4, 0.5) is 105 Å². The maximum Gasteiger partial charge on any atom is 0.417 e. The zero-order valence-electron chi connectivity index (χ0n) is 47.2. The van der Waals surface area contributed by atoms with Crippen LogP contribution in [0.1, 0.15) is 50.1 Å². The van der Waals surface area contributed by atoms with Crippen LogP contribution in [-0.4, -0.2) is 14.1 Å². The summed E-state index contributed by atoms with van der Waals surface area (Å²) >= 11 is 0. The van der Waals surface area contributed by atoms with Crippen LogP contribution in [0.3, 0.4) is 0 Å². The van der Waals surface area contributed by atoms with Crippen molar-refractivity contribution in [2.75, 3.05) is 0 Å². The minimum Gasteiger partial charge on any atom is -0.307 e. The van der Waals surface area contributed by atoms with Crippen LogP contribution >= 0.6 is 0 Å². The molecule has 12 aromatic rings. The zero-order valence-corrected chi connectivity index (χ0v) is 47.2. The summed E-state index contributed by atoms with van der Waals surface area (Å²) in [6.45, 7) is 0. The van der Waals surface area contributed by atoms with E-state index in [1.165, 1.54) is 70.1 Å². The number of nitriles is 1. The summed E-state index contributed by atoms with van der Waals surface area (Å²) in [5.74, 6) is 0. The van der Waals surface area contributed by atoms with E-state index in [-0.39, 0.29) is 95.9 Å². The molecule has 3 aromatic heterocycles. The van der Waals surface area contributed by atoms with Crippen molar-refractivity contribution in [3.8, 4) is 73.1 Å². The molecular weight excluding hydrogens is 1330 g/mol. The lowest BCUT2D eigenvalue weighted by atomic mass is 9.94. The van der Waals surface area contributed by atoms with E-state index in [2.05, 4.69) is 4.98 Å². The highest BCUT2D eigenvalue weighted by atomic mass is 19.4. The van der Waals surface area contributed by atoms with Crippen LogP contribution in [0.5, 0.6) is 0 Å². The maximum absolute atomic E-state index is 14.9. The molecule has 3 heterocycles. The van der Waals surface area contributed by atoms with Gasteiger partial charge in [0.25, 0.3) is 0 Å². The zero-order chi connectivity index (χ0) is 69.5. The van der Waals surface area contributed by atoms with Gasteiger partial charge in [0.1, 0.15) is 0 Å². The fraction of sp³-hybridized carbons (Fsp3) is 0.118. The van der Waals surface area contributed by atoms with Crippen LogP contribution in [0, 0.1) is 11.3 Å². The van der Waals surface area contributed by atoms with Gasteiger partial charge >= 0.3 is 49.4 Å². The number of nitrogens with zero attached hydrogens (tertiary/aromatic N) is 4. The average molecular weight is 1360 g/mol. The summed E-state index contributed by atoms with van der Waals surface area (Å²) in [5, 5.41) is 9.56. The van der Waals surface area contributed by atoms with Gasteiger partial charge in [-0.15, -0.1) is 0 Å². The largest absolute Gasteiger partial charge is 0.417 e. The number of benzene rings is 9. The van der Waals surface area contributed by atoms with Gasteiger partial charge in [0.2, 0.25) is 0 Å². The molecule has 0 saturated carbocycles. The third-order valence-electron chi connectivity index (χ3n) is 16.1. The quantitative estimate of drug-likeness (QED) is 0.149. The molecule has 12 rings (SSSR count). The second kappa shape index (κ2) is 22.3. The topological polar surface area (TPSA) is 46.5 Å². The van der Waals surface area contributed by atoms with E-state index < -0.39 is 138 Å². The SMILES string of the molecule is N#Cc1cccc(-c2c(-n3c4ccc(-c5ccc(C(F)(F)F)cc5C(F)(F)F)cc4c4cc(-c5ccc(C(F)(F)F)cc5C(F)(F)F)ccc43)cncc2-n2c3ccc(-c4ccc(C(F)(F)F)cc4C(F)(F)F)cc3c3cc(-c4ccc(C(F)(F)F)cc4C(F)(F)F)ccc32)c1. The Morgan fingerprint density at radius 1 is 0.281 bits per heavy atom. The van der Waals surface area contributed by atoms with Gasteiger partial charge in [-0.3, -0.25) is 4.98 Å². The Hall–Kier alpha value is -10.5. The molecule has 0 N–H and O–H groups in total. The van der Waals surface area contributed by atoms with Gasteiger partial charge in [-0.05, 0) is 159 Å². The molecule has 490 valence electrons. The molecule has 0 aliphatic heterocycles. The van der Waals surface area contributed by atoms with E-state index in [0.717, 1.165) is 48.5 Å². The molecular formula is C68H30F24N4. The van der Waals surface area contributed by atoms with Crippen molar-refractivity contribution in [1.29, 1.82) is 5.26 Å². The number of hydrogen-bond donors (Lipinski definition) is 0. The highest BCUT2D eigenvalue weighted by Gasteiger charge is 2.43. The van der Waals surface area contributed by atoms with Gasteiger partial charge in [-0.2, -0.15) is 111 Å². The highest BCUT2D eigenvalue weighted by molar-refractivity contribution is 6.14. The minimum absolute atomic E-state index is 0.0469. The standard InChI is InChI=1S/C68H30F24N4/c69-61(70,71)38-8-12-42(50(25-38)65(81,82)83)33-4-16-54-46(21-33)47-22-34(43-13-9-39(62(72,73)74)26-51(43)66(84,85)86)5-17-55(47)95(54)58-30-94-31-59(60(58)37-3-1-2-32(20-37)29-93)96-56-18-6-35(44-14-10-40(63(75,76)77)27-52(44)67(87,88)89)23-48(56)49-24-36(7-19-57(49)96)45-15-11-41(64(78,79)80)28-53(45)68(90,91)92/h1-28,30-31H. The molecule has 0 unspecified atom stereocenters. The van der Waals surface area contributed by atoms with Crippen LogP contribution in [0.2, 0.25) is 0 Å². The Balaban J connectivity index is 1.19. The van der Waals surface area contributed by atoms with Gasteiger partial charge in [0.05, 0.1) is 102 Å². The van der Waals surface area contributed by atoms with E-state index in [1.807, 2.05) is 6.07 Å². The first-order valence-electron chi connectivity index (χ1n) is 27.4. The van der Waals surface area contributed by atoms with Crippen LogP contribution in [-0.2, 0) is 49.4 Å². The molecule has 4 nitrogen and oxygen atoms in total. The van der Waals surface area contributed by atoms with Gasteiger partial charge in [0.15, 0.2) is 0 Å². The van der Waals surface area contributed by atoms with Crippen LogP contribution < -0.4 is 0 Å². The van der Waals surface area contributed by atoms with Crippen LogP contribution in [0.15, 0.2) is 182 Å². The first kappa shape index (κ1) is 65.6. The number of aromatic nitrogens is 3. The van der Waals surface area contributed by atoms with E-state index >= 15 is 0 Å². The van der Waals surface area contributed by atoms with E-state index in [1.54, 1.807) is 0 Å². The first-order chi connectivity index (χ1) is 44.6. The number of pyridine rings is 1. The Morgan fingerprint density at radius 2 is 0.552 bits per heavy atom. The van der Waals surface area contributed by atoms with Gasteiger partial charge in [0, 0.05) is 27.1 Å². The van der Waals surface area contributed by atoms with Crippen molar-refractivity contribution in [2.45, 2.75) is 49.4 Å². The molecule has 96 heavy (non-hydrogen) atoms. The third-order valence-corrected chi connectivity index (χ3v) is 16.1. The summed E-state index contributed by atoms with van der Waals surface area (Å²) < 4.78 is 349. The molecule has 0 amide bonds. The Bertz CT molecular complexity index is 4640. The summed E-state index contributed by atoms with van der Waals surface area (Å²) in [7, 11) is 0. The minimum atomic E-state index is -5.47. The smallest absolute Gasteiger partial charge is 0.307 e.